The van der Waals surface area contributed by atoms with Crippen molar-refractivity contribution >= 4 is 11.5 Å². The van der Waals surface area contributed by atoms with E-state index in [4.69, 9.17) is 4.74 Å². The van der Waals surface area contributed by atoms with Crippen LogP contribution in [0.3, 0.4) is 0 Å². The fourth-order valence-corrected chi connectivity index (χ4v) is 6.96. The van der Waals surface area contributed by atoms with Gasteiger partial charge in [0.2, 0.25) is 0 Å². The Morgan fingerprint density at radius 1 is 0.969 bits per heavy atom. The van der Waals surface area contributed by atoms with Gasteiger partial charge < -0.3 is 9.84 Å². The molecule has 2 aromatic rings. The zero-order valence-corrected chi connectivity index (χ0v) is 19.5. The summed E-state index contributed by atoms with van der Waals surface area (Å²) >= 11 is 0. The lowest BCUT2D eigenvalue weighted by Crippen LogP contribution is -2.48. The van der Waals surface area contributed by atoms with Crippen LogP contribution in [0.25, 0.3) is 16.7 Å². The fourth-order valence-electron chi connectivity index (χ4n) is 6.96. The van der Waals surface area contributed by atoms with Gasteiger partial charge in [0.1, 0.15) is 11.4 Å². The van der Waals surface area contributed by atoms with Gasteiger partial charge in [0.15, 0.2) is 0 Å². The standard InChI is InChI=1S/C29H34O3/c1-18(27(31)32-28(2,3)4)23-7-10-25(22-5-8-24(30)9-6-22)26(14-23)29-15-19-11-20(16-29)13-21(12-19)17-29/h5-10,14,19-21,30H,1,11-13,15-17H2,2-4H3. The van der Waals surface area contributed by atoms with Crippen molar-refractivity contribution in [1.82, 2.24) is 0 Å². The smallest absolute Gasteiger partial charge is 0.338 e. The minimum Gasteiger partial charge on any atom is -0.508 e. The quantitative estimate of drug-likeness (QED) is 0.425. The van der Waals surface area contributed by atoms with Crippen LogP contribution < -0.4 is 0 Å². The van der Waals surface area contributed by atoms with Crippen LogP contribution in [0.4, 0.5) is 0 Å². The Kier molecular flexibility index (Phi) is 5.00. The minimum atomic E-state index is -0.547. The molecule has 0 aromatic heterocycles. The highest BCUT2D eigenvalue weighted by Crippen LogP contribution is 2.62. The summed E-state index contributed by atoms with van der Waals surface area (Å²) in [5.74, 6) is 2.40. The van der Waals surface area contributed by atoms with Crippen molar-refractivity contribution in [1.29, 1.82) is 0 Å². The van der Waals surface area contributed by atoms with Gasteiger partial charge in [-0.15, -0.1) is 0 Å². The molecule has 0 spiro atoms. The van der Waals surface area contributed by atoms with Crippen molar-refractivity contribution in [3.05, 3.63) is 60.2 Å². The summed E-state index contributed by atoms with van der Waals surface area (Å²) in [6, 6.07) is 13.9. The van der Waals surface area contributed by atoms with E-state index in [9.17, 15) is 9.90 Å². The molecule has 4 aliphatic rings. The van der Waals surface area contributed by atoms with E-state index in [0.29, 0.717) is 5.57 Å². The summed E-state index contributed by atoms with van der Waals surface area (Å²) in [6.45, 7) is 9.75. The van der Waals surface area contributed by atoms with Crippen LogP contribution in [0, 0.1) is 17.8 Å². The van der Waals surface area contributed by atoms with E-state index in [1.54, 1.807) is 12.1 Å². The molecule has 3 nitrogen and oxygen atoms in total. The van der Waals surface area contributed by atoms with Gasteiger partial charge in [0.05, 0.1) is 5.57 Å². The Balaban J connectivity index is 1.59. The topological polar surface area (TPSA) is 46.5 Å². The predicted molar refractivity (Wildman–Crippen MR) is 128 cm³/mol. The molecule has 2 aromatic carbocycles. The summed E-state index contributed by atoms with van der Waals surface area (Å²) in [6.07, 6.45) is 7.89. The second kappa shape index (κ2) is 7.50. The number of rotatable bonds is 4. The van der Waals surface area contributed by atoms with E-state index in [1.165, 1.54) is 49.7 Å². The van der Waals surface area contributed by atoms with Crippen LogP contribution in [0.15, 0.2) is 49.0 Å². The van der Waals surface area contributed by atoms with Gasteiger partial charge in [-0.05, 0) is 123 Å². The van der Waals surface area contributed by atoms with E-state index in [1.807, 2.05) is 39.0 Å². The molecule has 4 fully saturated rings. The Hall–Kier alpha value is -2.55. The molecule has 0 saturated heterocycles. The number of carbonyl (C=O) groups excluding carboxylic acids is 1. The second-order valence-electron chi connectivity index (χ2n) is 11.5. The zero-order chi connectivity index (χ0) is 22.7. The third-order valence-electron chi connectivity index (χ3n) is 7.80. The van der Waals surface area contributed by atoms with Gasteiger partial charge in [-0.2, -0.15) is 0 Å². The van der Waals surface area contributed by atoms with E-state index in [-0.39, 0.29) is 17.1 Å². The Morgan fingerprint density at radius 2 is 1.53 bits per heavy atom. The number of benzene rings is 2. The molecule has 4 bridgehead atoms. The summed E-state index contributed by atoms with van der Waals surface area (Å²) in [4.78, 5) is 12.8. The maximum absolute atomic E-state index is 12.8. The average molecular weight is 431 g/mol. The van der Waals surface area contributed by atoms with Crippen LogP contribution >= 0.6 is 0 Å². The lowest BCUT2D eigenvalue weighted by Gasteiger charge is -2.57. The Morgan fingerprint density at radius 3 is 2.06 bits per heavy atom. The molecular weight excluding hydrogens is 396 g/mol. The van der Waals surface area contributed by atoms with Gasteiger partial charge in [-0.1, -0.05) is 30.8 Å². The normalized spacial score (nSPS) is 28.5. The summed E-state index contributed by atoms with van der Waals surface area (Å²) in [7, 11) is 0. The maximum Gasteiger partial charge on any atom is 0.338 e. The first kappa shape index (κ1) is 21.3. The van der Waals surface area contributed by atoms with Crippen LogP contribution in [-0.4, -0.2) is 16.7 Å². The van der Waals surface area contributed by atoms with Crippen molar-refractivity contribution in [3.63, 3.8) is 0 Å². The molecule has 3 heteroatoms. The molecule has 168 valence electrons. The maximum atomic E-state index is 12.8. The number of hydrogen-bond acceptors (Lipinski definition) is 3. The first-order valence-corrected chi connectivity index (χ1v) is 12.0. The molecule has 0 radical (unpaired) electrons. The lowest BCUT2D eigenvalue weighted by molar-refractivity contribution is -0.147. The Bertz CT molecular complexity index is 1020. The number of aromatic hydroxyl groups is 1. The number of phenols is 1. The van der Waals surface area contributed by atoms with Crippen LogP contribution in [0.2, 0.25) is 0 Å². The fraction of sp³-hybridized carbons (Fsp3) is 0.483. The van der Waals surface area contributed by atoms with Crippen molar-refractivity contribution < 1.29 is 14.6 Å². The van der Waals surface area contributed by atoms with Gasteiger partial charge >= 0.3 is 5.97 Å². The molecule has 0 unspecified atom stereocenters. The van der Waals surface area contributed by atoms with Crippen molar-refractivity contribution in [3.8, 4) is 16.9 Å². The summed E-state index contributed by atoms with van der Waals surface area (Å²) < 4.78 is 5.60. The highest BCUT2D eigenvalue weighted by molar-refractivity contribution is 6.15. The minimum absolute atomic E-state index is 0.173. The van der Waals surface area contributed by atoms with E-state index in [2.05, 4.69) is 18.7 Å². The molecule has 32 heavy (non-hydrogen) atoms. The van der Waals surface area contributed by atoms with E-state index in [0.717, 1.165) is 28.9 Å². The van der Waals surface area contributed by atoms with Crippen molar-refractivity contribution in [2.75, 3.05) is 0 Å². The predicted octanol–water partition coefficient (Wildman–Crippen LogP) is 6.88. The van der Waals surface area contributed by atoms with Crippen molar-refractivity contribution in [2.24, 2.45) is 17.8 Å². The number of esters is 1. The van der Waals surface area contributed by atoms with Gasteiger partial charge in [0.25, 0.3) is 0 Å². The number of phenolic OH excluding ortho intramolecular Hbond substituents is 1. The largest absolute Gasteiger partial charge is 0.508 e. The molecule has 0 atom stereocenters. The van der Waals surface area contributed by atoms with Crippen LogP contribution in [0.5, 0.6) is 5.75 Å². The molecule has 6 rings (SSSR count). The van der Waals surface area contributed by atoms with Crippen molar-refractivity contribution in [2.45, 2.75) is 70.3 Å². The zero-order valence-electron chi connectivity index (χ0n) is 19.5. The first-order valence-electron chi connectivity index (χ1n) is 12.0. The lowest BCUT2D eigenvalue weighted by atomic mass is 9.47. The molecule has 4 saturated carbocycles. The van der Waals surface area contributed by atoms with Gasteiger partial charge in [-0.3, -0.25) is 0 Å². The average Bonchev–Trinajstić information content (AvgIpc) is 2.71. The molecule has 0 heterocycles. The molecule has 1 N–H and O–H groups in total. The second-order valence-corrected chi connectivity index (χ2v) is 11.5. The summed E-state index contributed by atoms with van der Waals surface area (Å²) in [5, 5.41) is 9.81. The third-order valence-corrected chi connectivity index (χ3v) is 7.80. The first-order chi connectivity index (χ1) is 15.1. The van der Waals surface area contributed by atoms with Crippen LogP contribution in [-0.2, 0) is 14.9 Å². The molecule has 0 aliphatic heterocycles. The highest BCUT2D eigenvalue weighted by atomic mass is 16.6. The third kappa shape index (κ3) is 3.87. The monoisotopic (exact) mass is 430 g/mol. The number of ether oxygens (including phenoxy) is 1. The van der Waals surface area contributed by atoms with Gasteiger partial charge in [-0.25, -0.2) is 4.79 Å². The summed E-state index contributed by atoms with van der Waals surface area (Å²) in [5.41, 5.74) is 4.58. The van der Waals surface area contributed by atoms with Gasteiger partial charge in [0, 0.05) is 0 Å². The van der Waals surface area contributed by atoms with E-state index >= 15 is 0 Å². The molecule has 4 aliphatic carbocycles. The molecular formula is C29H34O3. The number of hydrogen-bond donors (Lipinski definition) is 1. The Labute approximate surface area is 191 Å². The van der Waals surface area contributed by atoms with E-state index < -0.39 is 5.60 Å². The molecule has 0 amide bonds. The number of carbonyl (C=O) groups is 1. The SMILES string of the molecule is C=C(C(=O)OC(C)(C)C)c1ccc(-c2ccc(O)cc2)c(C23CC4CC(CC(C4)C2)C3)c1. The van der Waals surface area contributed by atoms with Crippen LogP contribution in [0.1, 0.15) is 70.4 Å². The highest BCUT2D eigenvalue weighted by Gasteiger charge is 2.52.